The molecular formula is C16H23F2NO3S. The highest BCUT2D eigenvalue weighted by Gasteiger charge is 2.39. The number of hydrogen-bond donors (Lipinski definition) is 1. The molecule has 0 amide bonds. The molecule has 23 heavy (non-hydrogen) atoms. The van der Waals surface area contributed by atoms with Gasteiger partial charge in [0, 0.05) is 16.9 Å². The van der Waals surface area contributed by atoms with E-state index in [4.69, 9.17) is 0 Å². The number of rotatable bonds is 6. The molecule has 0 heterocycles. The average molecular weight is 347 g/mol. The van der Waals surface area contributed by atoms with Crippen LogP contribution in [-0.4, -0.2) is 28.0 Å². The minimum absolute atomic E-state index is 0.00460. The smallest absolute Gasteiger partial charge is 0.342 e. The summed E-state index contributed by atoms with van der Waals surface area (Å²) in [7, 11) is 0. The average Bonchev–Trinajstić information content (AvgIpc) is 2.45. The van der Waals surface area contributed by atoms with Crippen molar-refractivity contribution in [2.75, 3.05) is 6.61 Å². The second-order valence-corrected chi connectivity index (χ2v) is 8.15. The molecule has 1 aromatic rings. The molecule has 1 N–H and O–H groups in total. The van der Waals surface area contributed by atoms with Gasteiger partial charge in [-0.15, -0.1) is 4.72 Å². The highest BCUT2D eigenvalue weighted by molar-refractivity contribution is 7.90. The SMILES string of the molecule is CCOC(=O)[C@@H](F)[C@@H](N[S@@+]([O-])C(C)(C)C)c1cc(C)ccc1F. The number of alkyl halides is 1. The van der Waals surface area contributed by atoms with Gasteiger partial charge in [0.1, 0.15) is 16.6 Å². The van der Waals surface area contributed by atoms with E-state index in [0.29, 0.717) is 5.56 Å². The van der Waals surface area contributed by atoms with E-state index < -0.39 is 40.1 Å². The molecule has 7 heteroatoms. The lowest BCUT2D eigenvalue weighted by Gasteiger charge is -2.29. The number of carbonyl (C=O) groups is 1. The lowest BCUT2D eigenvalue weighted by Crippen LogP contribution is -2.46. The van der Waals surface area contributed by atoms with Crippen LogP contribution in [0.3, 0.4) is 0 Å². The number of carbonyl (C=O) groups excluding carboxylic acids is 1. The molecule has 4 nitrogen and oxygen atoms in total. The number of aryl methyl sites for hydroxylation is 1. The minimum Gasteiger partial charge on any atom is -0.598 e. The van der Waals surface area contributed by atoms with Gasteiger partial charge in [-0.25, -0.2) is 13.6 Å². The molecule has 1 rings (SSSR count). The van der Waals surface area contributed by atoms with Gasteiger partial charge in [0.2, 0.25) is 6.17 Å². The molecule has 130 valence electrons. The van der Waals surface area contributed by atoms with Crippen molar-refractivity contribution in [3.63, 3.8) is 0 Å². The number of halogens is 2. The second-order valence-electron chi connectivity index (χ2n) is 6.16. The van der Waals surface area contributed by atoms with E-state index in [-0.39, 0.29) is 12.2 Å². The first-order valence-electron chi connectivity index (χ1n) is 7.32. The molecule has 0 aliphatic carbocycles. The van der Waals surface area contributed by atoms with E-state index in [1.807, 2.05) is 0 Å². The Morgan fingerprint density at radius 2 is 2.04 bits per heavy atom. The van der Waals surface area contributed by atoms with Crippen LogP contribution in [0.15, 0.2) is 18.2 Å². The predicted molar refractivity (Wildman–Crippen MR) is 86.4 cm³/mol. The van der Waals surface area contributed by atoms with Crippen LogP contribution in [0.5, 0.6) is 0 Å². The Morgan fingerprint density at radius 1 is 1.43 bits per heavy atom. The normalized spacial score (nSPS) is 15.8. The van der Waals surface area contributed by atoms with Crippen molar-refractivity contribution >= 4 is 17.3 Å². The monoisotopic (exact) mass is 347 g/mol. The van der Waals surface area contributed by atoms with Crippen molar-refractivity contribution in [1.82, 2.24) is 4.72 Å². The Hall–Kier alpha value is -1.18. The topological polar surface area (TPSA) is 61.4 Å². The highest BCUT2D eigenvalue weighted by Crippen LogP contribution is 2.27. The van der Waals surface area contributed by atoms with E-state index in [1.54, 1.807) is 34.6 Å². The van der Waals surface area contributed by atoms with Gasteiger partial charge < -0.3 is 9.29 Å². The third-order valence-electron chi connectivity index (χ3n) is 3.08. The van der Waals surface area contributed by atoms with E-state index in [0.717, 1.165) is 0 Å². The Bertz CT molecular complexity index is 549. The van der Waals surface area contributed by atoms with Crippen LogP contribution in [0.1, 0.15) is 44.9 Å². The van der Waals surface area contributed by atoms with Gasteiger partial charge in [0.05, 0.1) is 6.61 Å². The number of benzene rings is 1. The van der Waals surface area contributed by atoms with E-state index >= 15 is 0 Å². The summed E-state index contributed by atoms with van der Waals surface area (Å²) in [5, 5.41) is 0. The Morgan fingerprint density at radius 3 is 2.57 bits per heavy atom. The van der Waals surface area contributed by atoms with E-state index in [9.17, 15) is 18.1 Å². The molecule has 0 spiro atoms. The molecule has 0 radical (unpaired) electrons. The summed E-state index contributed by atoms with van der Waals surface area (Å²) >= 11 is -1.69. The summed E-state index contributed by atoms with van der Waals surface area (Å²) in [6, 6.07) is 2.76. The third-order valence-corrected chi connectivity index (χ3v) is 4.66. The number of nitrogens with one attached hydrogen (secondary N) is 1. The molecule has 0 aromatic heterocycles. The van der Waals surface area contributed by atoms with E-state index in [2.05, 4.69) is 9.46 Å². The summed E-state index contributed by atoms with van der Waals surface area (Å²) in [5.41, 5.74) is 0.647. The minimum atomic E-state index is -2.17. The van der Waals surface area contributed by atoms with Gasteiger partial charge in [0.15, 0.2) is 0 Å². The molecule has 0 saturated heterocycles. The second kappa shape index (κ2) is 8.08. The zero-order valence-electron chi connectivity index (χ0n) is 14.0. The summed E-state index contributed by atoms with van der Waals surface area (Å²) in [4.78, 5) is 11.7. The molecule has 0 aliphatic heterocycles. The van der Waals surface area contributed by atoms with Gasteiger partial charge in [-0.05, 0) is 40.7 Å². The van der Waals surface area contributed by atoms with Gasteiger partial charge in [-0.1, -0.05) is 17.7 Å². The van der Waals surface area contributed by atoms with Gasteiger partial charge >= 0.3 is 5.97 Å². The molecule has 1 aromatic carbocycles. The fourth-order valence-corrected chi connectivity index (χ4v) is 2.66. The largest absolute Gasteiger partial charge is 0.598 e. The fourth-order valence-electron chi connectivity index (χ4n) is 1.83. The molecule has 0 aliphatic rings. The summed E-state index contributed by atoms with van der Waals surface area (Å²) in [6.07, 6.45) is -2.17. The number of esters is 1. The van der Waals surface area contributed by atoms with Crippen molar-refractivity contribution in [1.29, 1.82) is 0 Å². The standard InChI is InChI=1S/C16H23F2NO3S/c1-6-22-15(20)13(18)14(19-23(21)16(3,4)5)11-9-10(2)7-8-12(11)17/h7-9,13-14,19H,6H2,1-5H3/t13-,14-,23-/m0/s1. The van der Waals surface area contributed by atoms with Crippen molar-refractivity contribution in [3.8, 4) is 0 Å². The van der Waals surface area contributed by atoms with Crippen LogP contribution < -0.4 is 4.72 Å². The maximum Gasteiger partial charge on any atom is 0.342 e. The molecule has 3 atom stereocenters. The van der Waals surface area contributed by atoms with Crippen molar-refractivity contribution in [3.05, 3.63) is 35.1 Å². The fraction of sp³-hybridized carbons (Fsp3) is 0.562. The Kier molecular flexibility index (Phi) is 6.98. The summed E-state index contributed by atoms with van der Waals surface area (Å²) in [5.74, 6) is -1.79. The Balaban J connectivity index is 3.20. The molecule has 0 saturated carbocycles. The maximum absolute atomic E-state index is 14.6. The van der Waals surface area contributed by atoms with Crippen LogP contribution in [0.25, 0.3) is 0 Å². The molecular weight excluding hydrogens is 324 g/mol. The van der Waals surface area contributed by atoms with Crippen LogP contribution in [0.2, 0.25) is 0 Å². The van der Waals surface area contributed by atoms with Crippen LogP contribution in [-0.2, 0) is 20.9 Å². The maximum atomic E-state index is 14.6. The first kappa shape index (κ1) is 19.9. The van der Waals surface area contributed by atoms with Crippen molar-refractivity contribution < 1.29 is 22.9 Å². The predicted octanol–water partition coefficient (Wildman–Crippen LogP) is 3.13. The van der Waals surface area contributed by atoms with E-state index in [1.165, 1.54) is 18.2 Å². The lowest BCUT2D eigenvalue weighted by molar-refractivity contribution is -0.150. The summed E-state index contributed by atoms with van der Waals surface area (Å²) in [6.45, 7) is 8.35. The Labute approximate surface area is 138 Å². The first-order chi connectivity index (χ1) is 10.6. The lowest BCUT2D eigenvalue weighted by atomic mass is 10.0. The quantitative estimate of drug-likeness (QED) is 0.634. The number of ether oxygens (including phenoxy) is 1. The zero-order chi connectivity index (χ0) is 17.8. The molecule has 0 bridgehead atoms. The van der Waals surface area contributed by atoms with Crippen LogP contribution in [0, 0.1) is 12.7 Å². The van der Waals surface area contributed by atoms with Crippen LogP contribution >= 0.6 is 0 Å². The summed E-state index contributed by atoms with van der Waals surface area (Å²) < 4.78 is 47.5. The highest BCUT2D eigenvalue weighted by atomic mass is 32.2. The zero-order valence-corrected chi connectivity index (χ0v) is 14.8. The van der Waals surface area contributed by atoms with Crippen molar-refractivity contribution in [2.24, 2.45) is 0 Å². The number of hydrogen-bond acceptors (Lipinski definition) is 4. The first-order valence-corrected chi connectivity index (χ1v) is 8.47. The van der Waals surface area contributed by atoms with Gasteiger partial charge in [0.25, 0.3) is 0 Å². The van der Waals surface area contributed by atoms with Gasteiger partial charge in [-0.2, -0.15) is 0 Å². The van der Waals surface area contributed by atoms with Crippen LogP contribution in [0.4, 0.5) is 8.78 Å². The van der Waals surface area contributed by atoms with Gasteiger partial charge in [-0.3, -0.25) is 0 Å². The van der Waals surface area contributed by atoms with Crippen molar-refractivity contribution in [2.45, 2.75) is 51.6 Å². The molecule has 0 unspecified atom stereocenters. The molecule has 0 fully saturated rings. The third kappa shape index (κ3) is 5.44.